The maximum Gasteiger partial charge on any atom is 0.0702 e. The lowest BCUT2D eigenvalue weighted by Crippen LogP contribution is -2.27. The van der Waals surface area contributed by atoms with Crippen LogP contribution >= 0.6 is 27.3 Å². The quantitative estimate of drug-likeness (QED) is 0.743. The Bertz CT molecular complexity index is 724. The molecule has 1 aliphatic rings. The van der Waals surface area contributed by atoms with Crippen molar-refractivity contribution < 1.29 is 0 Å². The average Bonchev–Trinajstić information content (AvgIpc) is 2.93. The van der Waals surface area contributed by atoms with Crippen molar-refractivity contribution >= 4 is 38.2 Å². The Balaban J connectivity index is 1.52. The van der Waals surface area contributed by atoms with Crippen molar-refractivity contribution in [3.63, 3.8) is 0 Å². The van der Waals surface area contributed by atoms with Crippen molar-refractivity contribution in [1.29, 1.82) is 0 Å². The molecule has 4 rings (SSSR count). The van der Waals surface area contributed by atoms with Crippen LogP contribution in [0.4, 0.5) is 0 Å². The van der Waals surface area contributed by atoms with E-state index in [0.29, 0.717) is 0 Å². The van der Waals surface area contributed by atoms with Gasteiger partial charge in [-0.15, -0.1) is 11.3 Å². The minimum atomic E-state index is 0.201. The largest absolute Gasteiger partial charge is 0.357 e. The van der Waals surface area contributed by atoms with Crippen LogP contribution in [-0.2, 0) is 12.1 Å². The summed E-state index contributed by atoms with van der Waals surface area (Å²) in [4.78, 5) is 9.03. The molecule has 5 heteroatoms. The topological polar surface area (TPSA) is 40.7 Å². The highest BCUT2D eigenvalue weighted by atomic mass is 79.9. The molecule has 2 N–H and O–H groups in total. The van der Waals surface area contributed by atoms with Crippen LogP contribution < -0.4 is 5.32 Å². The Morgan fingerprint density at radius 2 is 2.25 bits per heavy atom. The normalized spacial score (nSPS) is 16.6. The first-order valence-electron chi connectivity index (χ1n) is 6.68. The summed E-state index contributed by atoms with van der Waals surface area (Å²) in [5.41, 5.74) is 2.57. The van der Waals surface area contributed by atoms with Crippen LogP contribution in [0.2, 0.25) is 0 Å². The van der Waals surface area contributed by atoms with Crippen LogP contribution in [0, 0.1) is 0 Å². The molecule has 0 aliphatic heterocycles. The standard InChI is InChI=1S/C15H14BrN3S/c16-14-2-1-13(20-14)15(4-5-15)18-9-11-7-10-8-17-6-3-12(10)19-11/h1-3,6-8,18-19H,4-5,9H2. The molecular formula is C15H14BrN3S. The van der Waals surface area contributed by atoms with E-state index in [1.54, 1.807) is 0 Å². The maximum absolute atomic E-state index is 4.15. The van der Waals surface area contributed by atoms with Gasteiger partial charge in [0.15, 0.2) is 0 Å². The van der Waals surface area contributed by atoms with Crippen molar-refractivity contribution in [2.75, 3.05) is 0 Å². The summed E-state index contributed by atoms with van der Waals surface area (Å²) in [6.45, 7) is 0.865. The third-order valence-corrected chi connectivity index (χ3v) is 5.72. The monoisotopic (exact) mass is 347 g/mol. The van der Waals surface area contributed by atoms with Gasteiger partial charge >= 0.3 is 0 Å². The molecule has 102 valence electrons. The van der Waals surface area contributed by atoms with Gasteiger partial charge in [-0.05, 0) is 53.0 Å². The number of rotatable bonds is 4. The lowest BCUT2D eigenvalue weighted by Gasteiger charge is -2.15. The Morgan fingerprint density at radius 1 is 1.35 bits per heavy atom. The summed E-state index contributed by atoms with van der Waals surface area (Å²) in [5.74, 6) is 0. The van der Waals surface area contributed by atoms with E-state index in [1.807, 2.05) is 29.8 Å². The molecule has 0 bridgehead atoms. The van der Waals surface area contributed by atoms with Gasteiger partial charge in [0.05, 0.1) is 9.33 Å². The minimum Gasteiger partial charge on any atom is -0.357 e. The van der Waals surface area contributed by atoms with E-state index < -0.39 is 0 Å². The predicted molar refractivity (Wildman–Crippen MR) is 85.9 cm³/mol. The van der Waals surface area contributed by atoms with Crippen molar-refractivity contribution in [3.05, 3.63) is 51.0 Å². The van der Waals surface area contributed by atoms with Gasteiger partial charge in [0.2, 0.25) is 0 Å². The van der Waals surface area contributed by atoms with Gasteiger partial charge in [0.1, 0.15) is 0 Å². The summed E-state index contributed by atoms with van der Waals surface area (Å²) in [6, 6.07) is 8.55. The van der Waals surface area contributed by atoms with Gasteiger partial charge in [-0.2, -0.15) is 0 Å². The predicted octanol–water partition coefficient (Wildman–Crippen LogP) is 4.17. The minimum absolute atomic E-state index is 0.201. The highest BCUT2D eigenvalue weighted by Crippen LogP contribution is 2.48. The van der Waals surface area contributed by atoms with E-state index in [9.17, 15) is 0 Å². The second-order valence-electron chi connectivity index (χ2n) is 5.30. The highest BCUT2D eigenvalue weighted by molar-refractivity contribution is 9.11. The second-order valence-corrected chi connectivity index (χ2v) is 7.76. The van der Waals surface area contributed by atoms with Crippen molar-refractivity contribution in [1.82, 2.24) is 15.3 Å². The zero-order valence-electron chi connectivity index (χ0n) is 10.8. The van der Waals surface area contributed by atoms with Gasteiger partial charge in [0.25, 0.3) is 0 Å². The fourth-order valence-electron chi connectivity index (χ4n) is 2.60. The molecule has 3 nitrogen and oxygen atoms in total. The molecule has 3 heterocycles. The molecule has 1 fully saturated rings. The number of hydrogen-bond acceptors (Lipinski definition) is 3. The molecule has 0 atom stereocenters. The summed E-state index contributed by atoms with van der Waals surface area (Å²) in [7, 11) is 0. The Kier molecular flexibility index (Phi) is 2.94. The molecule has 3 aromatic heterocycles. The van der Waals surface area contributed by atoms with Gasteiger partial charge < -0.3 is 10.3 Å². The zero-order chi connectivity index (χ0) is 13.6. The van der Waals surface area contributed by atoms with Gasteiger partial charge in [-0.1, -0.05) is 0 Å². The maximum atomic E-state index is 4.15. The first-order valence-corrected chi connectivity index (χ1v) is 8.29. The Labute approximate surface area is 129 Å². The van der Waals surface area contributed by atoms with E-state index >= 15 is 0 Å². The molecule has 0 aromatic carbocycles. The number of pyridine rings is 1. The number of H-pyrrole nitrogens is 1. The third-order valence-electron chi connectivity index (χ3n) is 3.89. The van der Waals surface area contributed by atoms with Crippen LogP contribution in [0.25, 0.3) is 10.9 Å². The molecule has 0 saturated heterocycles. The molecule has 0 amide bonds. The Hall–Kier alpha value is -1.17. The number of nitrogens with one attached hydrogen (secondary N) is 2. The van der Waals surface area contributed by atoms with E-state index in [0.717, 1.165) is 12.1 Å². The molecule has 0 spiro atoms. The molecule has 0 radical (unpaired) electrons. The van der Waals surface area contributed by atoms with Crippen LogP contribution in [0.5, 0.6) is 0 Å². The van der Waals surface area contributed by atoms with Crippen LogP contribution in [0.3, 0.4) is 0 Å². The van der Waals surface area contributed by atoms with Gasteiger partial charge in [-0.25, -0.2) is 0 Å². The zero-order valence-corrected chi connectivity index (χ0v) is 13.2. The number of aromatic nitrogens is 2. The van der Waals surface area contributed by atoms with E-state index in [1.165, 1.54) is 32.6 Å². The molecule has 1 saturated carbocycles. The average molecular weight is 348 g/mol. The second kappa shape index (κ2) is 4.69. The third kappa shape index (κ3) is 2.20. The first-order chi connectivity index (χ1) is 9.75. The summed E-state index contributed by atoms with van der Waals surface area (Å²) in [5, 5.41) is 4.89. The number of thiophene rings is 1. The fourth-order valence-corrected chi connectivity index (χ4v) is 4.21. The first kappa shape index (κ1) is 12.6. The summed E-state index contributed by atoms with van der Waals surface area (Å²) in [6.07, 6.45) is 6.17. The fraction of sp³-hybridized carbons (Fsp3) is 0.267. The van der Waals surface area contributed by atoms with E-state index in [2.05, 4.69) is 49.4 Å². The molecular weight excluding hydrogens is 334 g/mol. The van der Waals surface area contributed by atoms with E-state index in [4.69, 9.17) is 0 Å². The lowest BCUT2D eigenvalue weighted by atomic mass is 10.2. The summed E-state index contributed by atoms with van der Waals surface area (Å²) < 4.78 is 1.21. The number of nitrogens with zero attached hydrogens (tertiary/aromatic N) is 1. The van der Waals surface area contributed by atoms with Crippen LogP contribution in [0.1, 0.15) is 23.4 Å². The SMILES string of the molecule is Brc1ccc(C2(NCc3cc4cnccc4[nH]3)CC2)s1. The smallest absolute Gasteiger partial charge is 0.0702 e. The van der Waals surface area contributed by atoms with Crippen LogP contribution in [0.15, 0.2) is 40.4 Å². The van der Waals surface area contributed by atoms with Crippen molar-refractivity contribution in [2.24, 2.45) is 0 Å². The Morgan fingerprint density at radius 3 is 2.95 bits per heavy atom. The van der Waals surface area contributed by atoms with Crippen LogP contribution in [-0.4, -0.2) is 9.97 Å². The number of halogens is 1. The van der Waals surface area contributed by atoms with Crippen molar-refractivity contribution in [2.45, 2.75) is 24.9 Å². The van der Waals surface area contributed by atoms with E-state index in [-0.39, 0.29) is 5.54 Å². The highest BCUT2D eigenvalue weighted by Gasteiger charge is 2.44. The molecule has 0 unspecified atom stereocenters. The van der Waals surface area contributed by atoms with Gasteiger partial charge in [0, 0.05) is 40.4 Å². The van der Waals surface area contributed by atoms with Gasteiger partial charge in [-0.3, -0.25) is 4.98 Å². The van der Waals surface area contributed by atoms with Crippen molar-refractivity contribution in [3.8, 4) is 0 Å². The number of aromatic amines is 1. The lowest BCUT2D eigenvalue weighted by molar-refractivity contribution is 0.523. The molecule has 20 heavy (non-hydrogen) atoms. The summed E-state index contributed by atoms with van der Waals surface area (Å²) >= 11 is 5.38. The number of hydrogen-bond donors (Lipinski definition) is 2. The molecule has 1 aliphatic carbocycles. The molecule has 3 aromatic rings. The number of fused-ring (bicyclic) bond motifs is 1.